The van der Waals surface area contributed by atoms with Crippen LogP contribution in [0.5, 0.6) is 5.75 Å². The third-order valence-electron chi connectivity index (χ3n) is 4.33. The summed E-state index contributed by atoms with van der Waals surface area (Å²) >= 11 is 0. The smallest absolute Gasteiger partial charge is 0.270 e. The van der Waals surface area contributed by atoms with E-state index in [1.54, 1.807) is 40.0 Å². The molecule has 0 radical (unpaired) electrons. The Kier molecular flexibility index (Phi) is 7.29. The molecule has 0 saturated heterocycles. The average molecular weight is 420 g/mol. The van der Waals surface area contributed by atoms with E-state index in [0.29, 0.717) is 11.5 Å². The molecule has 0 fully saturated rings. The molecule has 0 bridgehead atoms. The van der Waals surface area contributed by atoms with Crippen LogP contribution in [0.15, 0.2) is 52.5 Å². The van der Waals surface area contributed by atoms with E-state index in [1.807, 2.05) is 12.1 Å². The summed E-state index contributed by atoms with van der Waals surface area (Å²) in [5.41, 5.74) is 3.97. The van der Waals surface area contributed by atoms with Crippen molar-refractivity contribution >= 4 is 27.1 Å². The molecule has 10 heteroatoms. The van der Waals surface area contributed by atoms with Crippen LogP contribution in [0.3, 0.4) is 0 Å². The molecule has 0 unspecified atom stereocenters. The van der Waals surface area contributed by atoms with Gasteiger partial charge in [0.25, 0.3) is 5.69 Å². The van der Waals surface area contributed by atoms with Crippen LogP contribution in [-0.2, 0) is 10.0 Å². The summed E-state index contributed by atoms with van der Waals surface area (Å²) in [6.45, 7) is 5.65. The molecular weight excluding hydrogens is 396 g/mol. The second-order valence-corrected chi connectivity index (χ2v) is 7.97. The number of nitrogens with zero attached hydrogens (tertiary/aromatic N) is 3. The van der Waals surface area contributed by atoms with Gasteiger partial charge < -0.3 is 4.74 Å². The number of methoxy groups -OCH3 is 1. The molecule has 0 aromatic heterocycles. The average Bonchev–Trinajstić information content (AvgIpc) is 2.72. The lowest BCUT2D eigenvalue weighted by molar-refractivity contribution is -0.385. The molecule has 1 N–H and O–H groups in total. The third-order valence-corrected chi connectivity index (χ3v) is 6.42. The predicted octanol–water partition coefficient (Wildman–Crippen LogP) is 3.47. The van der Waals surface area contributed by atoms with Crippen molar-refractivity contribution in [2.75, 3.05) is 25.6 Å². The van der Waals surface area contributed by atoms with E-state index in [9.17, 15) is 18.5 Å². The number of ether oxygens (including phenoxy) is 1. The fourth-order valence-corrected chi connectivity index (χ4v) is 4.31. The quantitative estimate of drug-likeness (QED) is 0.377. The molecular formula is C19H24N4O5S. The number of sulfonamides is 1. The highest BCUT2D eigenvalue weighted by atomic mass is 32.2. The second kappa shape index (κ2) is 9.48. The van der Waals surface area contributed by atoms with Crippen LogP contribution in [0.2, 0.25) is 0 Å². The van der Waals surface area contributed by atoms with E-state index >= 15 is 0 Å². The van der Waals surface area contributed by atoms with Gasteiger partial charge in [-0.05, 0) is 25.1 Å². The molecule has 2 aromatic rings. The van der Waals surface area contributed by atoms with E-state index in [4.69, 9.17) is 4.74 Å². The molecule has 0 amide bonds. The summed E-state index contributed by atoms with van der Waals surface area (Å²) in [6, 6.07) is 10.9. The summed E-state index contributed by atoms with van der Waals surface area (Å²) in [5, 5.41) is 15.4. The number of non-ortho nitro benzene ring substituents is 1. The minimum atomic E-state index is -3.93. The first-order valence-electron chi connectivity index (χ1n) is 8.97. The second-order valence-electron chi connectivity index (χ2n) is 6.07. The van der Waals surface area contributed by atoms with Crippen molar-refractivity contribution in [1.29, 1.82) is 0 Å². The largest absolute Gasteiger partial charge is 0.497 e. The van der Waals surface area contributed by atoms with E-state index in [0.717, 1.165) is 11.6 Å². The van der Waals surface area contributed by atoms with Crippen LogP contribution in [0, 0.1) is 10.1 Å². The van der Waals surface area contributed by atoms with Gasteiger partial charge in [0.15, 0.2) is 0 Å². The van der Waals surface area contributed by atoms with Crippen LogP contribution in [0.25, 0.3) is 0 Å². The normalized spacial score (nSPS) is 12.1. The zero-order valence-electron chi connectivity index (χ0n) is 16.7. The van der Waals surface area contributed by atoms with Crippen molar-refractivity contribution < 1.29 is 18.1 Å². The molecule has 29 heavy (non-hydrogen) atoms. The number of hydrogen-bond donors (Lipinski definition) is 1. The van der Waals surface area contributed by atoms with E-state index < -0.39 is 14.9 Å². The molecule has 0 aliphatic heterocycles. The lowest BCUT2D eigenvalue weighted by Gasteiger charge is -2.20. The van der Waals surface area contributed by atoms with Gasteiger partial charge in [0, 0.05) is 30.8 Å². The number of hydrogen-bond acceptors (Lipinski definition) is 7. The Morgan fingerprint density at radius 3 is 2.48 bits per heavy atom. The summed E-state index contributed by atoms with van der Waals surface area (Å²) in [4.78, 5) is 10.3. The molecule has 0 aliphatic carbocycles. The number of anilines is 1. The Bertz CT molecular complexity index is 1020. The van der Waals surface area contributed by atoms with Crippen molar-refractivity contribution in [3.05, 3.63) is 58.1 Å². The van der Waals surface area contributed by atoms with Gasteiger partial charge in [0.05, 0.1) is 23.4 Å². The lowest BCUT2D eigenvalue weighted by Crippen LogP contribution is -2.31. The maximum Gasteiger partial charge on any atom is 0.270 e. The van der Waals surface area contributed by atoms with Gasteiger partial charge in [-0.1, -0.05) is 26.0 Å². The fraction of sp³-hybridized carbons (Fsp3) is 0.316. The molecule has 0 spiro atoms. The van der Waals surface area contributed by atoms with Crippen molar-refractivity contribution in [1.82, 2.24) is 4.31 Å². The van der Waals surface area contributed by atoms with E-state index in [1.165, 1.54) is 16.4 Å². The topological polar surface area (TPSA) is 114 Å². The molecule has 9 nitrogen and oxygen atoms in total. The molecule has 156 valence electrons. The minimum Gasteiger partial charge on any atom is -0.497 e. The summed E-state index contributed by atoms with van der Waals surface area (Å²) < 4.78 is 32.4. The highest BCUT2D eigenvalue weighted by Crippen LogP contribution is 2.29. The van der Waals surface area contributed by atoms with Gasteiger partial charge in [0.1, 0.15) is 10.6 Å². The Morgan fingerprint density at radius 2 is 1.90 bits per heavy atom. The molecule has 2 rings (SSSR count). The van der Waals surface area contributed by atoms with Gasteiger partial charge in [0.2, 0.25) is 10.0 Å². The minimum absolute atomic E-state index is 0.157. The summed E-state index contributed by atoms with van der Waals surface area (Å²) in [5.74, 6) is 0.664. The first-order chi connectivity index (χ1) is 13.7. The third kappa shape index (κ3) is 5.09. The Morgan fingerprint density at radius 1 is 1.21 bits per heavy atom. The Labute approximate surface area is 170 Å². The van der Waals surface area contributed by atoms with Crippen LogP contribution in [0.1, 0.15) is 26.3 Å². The van der Waals surface area contributed by atoms with Crippen molar-refractivity contribution in [3.63, 3.8) is 0 Å². The molecule has 0 aliphatic rings. The monoisotopic (exact) mass is 420 g/mol. The van der Waals surface area contributed by atoms with E-state index in [-0.39, 0.29) is 29.4 Å². The Balaban J connectivity index is 2.48. The summed E-state index contributed by atoms with van der Waals surface area (Å²) in [7, 11) is -2.37. The maximum absolute atomic E-state index is 13.0. The molecule has 0 atom stereocenters. The van der Waals surface area contributed by atoms with Crippen LogP contribution in [0.4, 0.5) is 11.4 Å². The molecule has 2 aromatic carbocycles. The highest BCUT2D eigenvalue weighted by Gasteiger charge is 2.27. The maximum atomic E-state index is 13.0. The van der Waals surface area contributed by atoms with E-state index in [2.05, 4.69) is 10.5 Å². The van der Waals surface area contributed by atoms with Crippen LogP contribution >= 0.6 is 0 Å². The molecule has 0 heterocycles. The lowest BCUT2D eigenvalue weighted by atomic mass is 10.1. The zero-order chi connectivity index (χ0) is 21.6. The van der Waals surface area contributed by atoms with Gasteiger partial charge >= 0.3 is 0 Å². The number of rotatable bonds is 9. The van der Waals surface area contributed by atoms with Crippen LogP contribution < -0.4 is 10.2 Å². The van der Waals surface area contributed by atoms with Gasteiger partial charge in [-0.25, -0.2) is 8.42 Å². The highest BCUT2D eigenvalue weighted by molar-refractivity contribution is 7.89. The predicted molar refractivity (Wildman–Crippen MR) is 112 cm³/mol. The summed E-state index contributed by atoms with van der Waals surface area (Å²) in [6.07, 6.45) is 0. The SMILES string of the molecule is CCN(CC)S(=O)(=O)c1cc([N+](=O)[O-])ccc1NN=C(C)c1cccc(OC)c1. The van der Waals surface area contributed by atoms with Crippen LogP contribution in [-0.4, -0.2) is 43.6 Å². The van der Waals surface area contributed by atoms with Crippen molar-refractivity contribution in [2.45, 2.75) is 25.7 Å². The number of nitrogens with one attached hydrogen (secondary N) is 1. The fourth-order valence-electron chi connectivity index (χ4n) is 2.69. The van der Waals surface area contributed by atoms with Crippen molar-refractivity contribution in [3.8, 4) is 5.75 Å². The number of hydrazone groups is 1. The first-order valence-corrected chi connectivity index (χ1v) is 10.4. The number of nitro groups is 1. The van der Waals surface area contributed by atoms with Crippen molar-refractivity contribution in [2.24, 2.45) is 5.10 Å². The molecule has 0 saturated carbocycles. The first kappa shape index (κ1) is 22.3. The number of benzene rings is 2. The number of nitro benzene ring substituents is 1. The Hall–Kier alpha value is -2.98. The van der Waals surface area contributed by atoms with Gasteiger partial charge in [-0.3, -0.25) is 15.5 Å². The zero-order valence-corrected chi connectivity index (χ0v) is 17.6. The van der Waals surface area contributed by atoms with Gasteiger partial charge in [-0.15, -0.1) is 0 Å². The standard InChI is InChI=1S/C19H24N4O5S/c1-5-22(6-2)29(26,27)19-13-16(23(24)25)10-11-18(19)21-20-14(3)15-8-7-9-17(12-15)28-4/h7-13,21H,5-6H2,1-4H3. The van der Waals surface area contributed by atoms with Gasteiger partial charge in [-0.2, -0.15) is 9.41 Å².